The van der Waals surface area contributed by atoms with Gasteiger partial charge in [0.2, 0.25) is 0 Å². The average molecular weight is 493 g/mol. The molecule has 3 aromatic rings. The lowest BCUT2D eigenvalue weighted by atomic mass is 10.1. The summed E-state index contributed by atoms with van der Waals surface area (Å²) in [5.41, 5.74) is 0.0173. The van der Waals surface area contributed by atoms with Gasteiger partial charge in [-0.05, 0) is 55.5 Å². The van der Waals surface area contributed by atoms with Gasteiger partial charge < -0.3 is 8.92 Å². The van der Waals surface area contributed by atoms with E-state index in [2.05, 4.69) is 5.32 Å². The van der Waals surface area contributed by atoms with E-state index in [0.29, 0.717) is 12.4 Å². The van der Waals surface area contributed by atoms with Gasteiger partial charge in [-0.1, -0.05) is 36.4 Å². The number of nitrogens with zero attached hydrogens (tertiary/aromatic N) is 1. The number of imide groups is 2. The van der Waals surface area contributed by atoms with Crippen molar-refractivity contribution in [3.63, 3.8) is 0 Å². The number of benzene rings is 3. The third-order valence-corrected chi connectivity index (χ3v) is 6.21. The lowest BCUT2D eigenvalue weighted by Crippen LogP contribution is -2.54. The largest absolute Gasteiger partial charge is 0.494 e. The van der Waals surface area contributed by atoms with Crippen molar-refractivity contribution < 1.29 is 31.7 Å². The summed E-state index contributed by atoms with van der Waals surface area (Å²) in [5.74, 6) is -1.32. The molecule has 35 heavy (non-hydrogen) atoms. The number of ether oxygens (including phenoxy) is 1. The van der Waals surface area contributed by atoms with Gasteiger partial charge in [0.15, 0.2) is 0 Å². The Balaban J connectivity index is 1.68. The van der Waals surface area contributed by atoms with Crippen molar-refractivity contribution in [3.05, 3.63) is 90.0 Å². The van der Waals surface area contributed by atoms with Crippen LogP contribution in [0.5, 0.6) is 11.5 Å². The molecule has 0 saturated carbocycles. The quantitative estimate of drug-likeness (QED) is 0.304. The molecule has 178 valence electrons. The summed E-state index contributed by atoms with van der Waals surface area (Å²) in [7, 11) is -4.17. The minimum atomic E-state index is -4.17. The predicted octanol–water partition coefficient (Wildman–Crippen LogP) is 3.52. The second-order valence-corrected chi connectivity index (χ2v) is 8.82. The second kappa shape index (κ2) is 9.82. The Morgan fingerprint density at radius 3 is 2.23 bits per heavy atom. The van der Waals surface area contributed by atoms with Gasteiger partial charge in [0.1, 0.15) is 22.0 Å². The number of carbonyl (C=O) groups is 3. The molecule has 1 fully saturated rings. The van der Waals surface area contributed by atoms with Gasteiger partial charge in [-0.25, -0.2) is 9.69 Å². The molecule has 0 aromatic heterocycles. The molecule has 0 aliphatic carbocycles. The third kappa shape index (κ3) is 5.07. The summed E-state index contributed by atoms with van der Waals surface area (Å²) < 4.78 is 36.0. The number of urea groups is 1. The fourth-order valence-electron chi connectivity index (χ4n) is 3.33. The van der Waals surface area contributed by atoms with Crippen LogP contribution < -0.4 is 19.1 Å². The van der Waals surface area contributed by atoms with Gasteiger partial charge >= 0.3 is 16.1 Å². The van der Waals surface area contributed by atoms with Gasteiger partial charge in [-0.3, -0.25) is 14.9 Å². The molecule has 0 atom stereocenters. The monoisotopic (exact) mass is 492 g/mol. The number of rotatable bonds is 7. The first-order valence-corrected chi connectivity index (χ1v) is 11.9. The van der Waals surface area contributed by atoms with Crippen LogP contribution in [0.3, 0.4) is 0 Å². The summed E-state index contributed by atoms with van der Waals surface area (Å²) in [6.07, 6.45) is 1.18. The van der Waals surface area contributed by atoms with Crippen molar-refractivity contribution >= 4 is 39.7 Å². The van der Waals surface area contributed by atoms with Crippen molar-refractivity contribution in [1.29, 1.82) is 0 Å². The maximum Gasteiger partial charge on any atom is 0.339 e. The number of amides is 4. The van der Waals surface area contributed by atoms with E-state index in [9.17, 15) is 22.8 Å². The Morgan fingerprint density at radius 2 is 1.54 bits per heavy atom. The normalized spacial score (nSPS) is 15.2. The van der Waals surface area contributed by atoms with Crippen LogP contribution in [0.1, 0.15) is 12.5 Å². The first-order valence-electron chi connectivity index (χ1n) is 10.5. The van der Waals surface area contributed by atoms with Crippen LogP contribution >= 0.6 is 0 Å². The SMILES string of the molecule is CCOc1ccc(N2C(=O)NC(=O)/C(=C\c3ccccc3OS(=O)(=O)c3ccccc3)C2=O)cc1. The molecule has 1 N–H and O–H groups in total. The number of anilines is 1. The van der Waals surface area contributed by atoms with Crippen molar-refractivity contribution in [2.24, 2.45) is 0 Å². The fourth-order valence-corrected chi connectivity index (χ4v) is 4.31. The standard InChI is InChI=1S/C25H20N2O7S/c1-2-33-19-14-12-18(13-15-19)27-24(29)21(23(28)26-25(27)30)16-17-8-6-7-11-22(17)34-35(31,32)20-9-4-3-5-10-20/h3-16H,2H2,1H3,(H,26,28,30)/b21-16+. The first-order chi connectivity index (χ1) is 16.8. The highest BCUT2D eigenvalue weighted by Gasteiger charge is 2.37. The zero-order valence-corrected chi connectivity index (χ0v) is 19.3. The van der Waals surface area contributed by atoms with E-state index in [4.69, 9.17) is 8.92 Å². The molecular formula is C25H20N2O7S. The Bertz CT molecular complexity index is 1420. The van der Waals surface area contributed by atoms with Crippen LogP contribution in [-0.4, -0.2) is 32.9 Å². The smallest absolute Gasteiger partial charge is 0.339 e. The molecule has 1 aliphatic heterocycles. The first kappa shape index (κ1) is 23.7. The zero-order valence-electron chi connectivity index (χ0n) is 18.5. The molecule has 1 aliphatic rings. The van der Waals surface area contributed by atoms with Crippen LogP contribution in [0.15, 0.2) is 89.3 Å². The van der Waals surface area contributed by atoms with E-state index >= 15 is 0 Å². The number of hydrogen-bond acceptors (Lipinski definition) is 7. The van der Waals surface area contributed by atoms with E-state index in [0.717, 1.165) is 4.90 Å². The molecule has 0 bridgehead atoms. The van der Waals surface area contributed by atoms with Crippen molar-refractivity contribution in [1.82, 2.24) is 5.32 Å². The molecule has 1 saturated heterocycles. The zero-order chi connectivity index (χ0) is 25.0. The molecule has 9 nitrogen and oxygen atoms in total. The van der Waals surface area contributed by atoms with E-state index in [1.165, 1.54) is 42.5 Å². The minimum absolute atomic E-state index is 0.0544. The van der Waals surface area contributed by atoms with Crippen molar-refractivity contribution in [2.75, 3.05) is 11.5 Å². The summed E-state index contributed by atoms with van der Waals surface area (Å²) in [4.78, 5) is 38.9. The number of nitrogens with one attached hydrogen (secondary N) is 1. The van der Waals surface area contributed by atoms with Crippen LogP contribution in [0.4, 0.5) is 10.5 Å². The molecule has 3 aromatic carbocycles. The summed E-state index contributed by atoms with van der Waals surface area (Å²) >= 11 is 0. The molecule has 0 spiro atoms. The van der Waals surface area contributed by atoms with Gasteiger partial charge in [0, 0.05) is 5.56 Å². The van der Waals surface area contributed by atoms with Crippen LogP contribution in [0.25, 0.3) is 6.08 Å². The van der Waals surface area contributed by atoms with Crippen molar-refractivity contribution in [2.45, 2.75) is 11.8 Å². The molecule has 1 heterocycles. The predicted molar refractivity (Wildman–Crippen MR) is 127 cm³/mol. The van der Waals surface area contributed by atoms with Gasteiger partial charge in [-0.15, -0.1) is 0 Å². The molecule has 4 rings (SSSR count). The highest BCUT2D eigenvalue weighted by atomic mass is 32.2. The van der Waals surface area contributed by atoms with E-state index in [1.807, 2.05) is 6.92 Å². The minimum Gasteiger partial charge on any atom is -0.494 e. The second-order valence-electron chi connectivity index (χ2n) is 7.27. The van der Waals surface area contributed by atoms with Crippen LogP contribution in [-0.2, 0) is 19.7 Å². The van der Waals surface area contributed by atoms with Gasteiger partial charge in [0.25, 0.3) is 11.8 Å². The lowest BCUT2D eigenvalue weighted by Gasteiger charge is -2.26. The van der Waals surface area contributed by atoms with E-state index < -0.39 is 28.0 Å². The van der Waals surface area contributed by atoms with Gasteiger partial charge in [0.05, 0.1) is 12.3 Å². The Morgan fingerprint density at radius 1 is 0.886 bits per heavy atom. The van der Waals surface area contributed by atoms with E-state index in [-0.39, 0.29) is 27.5 Å². The molecular weight excluding hydrogens is 472 g/mol. The van der Waals surface area contributed by atoms with Crippen LogP contribution in [0.2, 0.25) is 0 Å². The highest BCUT2D eigenvalue weighted by molar-refractivity contribution is 7.87. The summed E-state index contributed by atoms with van der Waals surface area (Å²) in [6.45, 7) is 2.27. The highest BCUT2D eigenvalue weighted by Crippen LogP contribution is 2.28. The van der Waals surface area contributed by atoms with Crippen molar-refractivity contribution in [3.8, 4) is 11.5 Å². The molecule has 0 unspecified atom stereocenters. The Hall–Kier alpha value is -4.44. The molecule has 10 heteroatoms. The number of hydrogen-bond donors (Lipinski definition) is 1. The maximum atomic E-state index is 13.2. The number of para-hydroxylation sites is 1. The summed E-state index contributed by atoms with van der Waals surface area (Å²) in [6, 6.07) is 18.9. The average Bonchev–Trinajstić information content (AvgIpc) is 2.84. The fraction of sp³-hybridized carbons (Fsp3) is 0.0800. The maximum absolute atomic E-state index is 13.2. The van der Waals surface area contributed by atoms with Gasteiger partial charge in [-0.2, -0.15) is 8.42 Å². The number of barbiturate groups is 1. The van der Waals surface area contributed by atoms with Crippen LogP contribution in [0, 0.1) is 0 Å². The molecule has 4 amide bonds. The Kier molecular flexibility index (Phi) is 6.65. The summed E-state index contributed by atoms with van der Waals surface area (Å²) in [5, 5.41) is 2.13. The number of carbonyl (C=O) groups excluding carboxylic acids is 3. The molecule has 0 radical (unpaired) electrons. The van der Waals surface area contributed by atoms with E-state index in [1.54, 1.807) is 42.5 Å². The lowest BCUT2D eigenvalue weighted by molar-refractivity contribution is -0.122. The third-order valence-electron chi connectivity index (χ3n) is 4.96. The Labute approximate surface area is 201 Å². The topological polar surface area (TPSA) is 119 Å².